The number of nitrogens with two attached hydrogens (primary N) is 1. The van der Waals surface area contributed by atoms with Crippen molar-refractivity contribution in [2.75, 3.05) is 20.1 Å². The van der Waals surface area contributed by atoms with Crippen LogP contribution in [-0.4, -0.2) is 42.3 Å². The minimum Gasteiger partial charge on any atom is -0.393 e. The van der Waals surface area contributed by atoms with Crippen LogP contribution in [0.5, 0.6) is 0 Å². The van der Waals surface area contributed by atoms with Gasteiger partial charge in [0.15, 0.2) is 0 Å². The maximum atomic E-state index is 9.07. The normalized spacial score (nSPS) is 16.5. The SMILES string of the molecule is CCC(CN)N(C)CCC(C)O. The molecule has 0 aliphatic heterocycles. The molecule has 74 valence electrons. The number of likely N-dealkylation sites (N-methyl/N-ethyl adjacent to an activating group) is 1. The molecule has 0 rings (SSSR count). The summed E-state index contributed by atoms with van der Waals surface area (Å²) in [6.07, 6.45) is 1.70. The van der Waals surface area contributed by atoms with Crippen molar-refractivity contribution in [3.63, 3.8) is 0 Å². The molecule has 0 spiro atoms. The fraction of sp³-hybridized carbons (Fsp3) is 1.00. The summed E-state index contributed by atoms with van der Waals surface area (Å²) in [5, 5.41) is 9.07. The first-order chi connectivity index (χ1) is 5.61. The van der Waals surface area contributed by atoms with Crippen LogP contribution >= 0.6 is 0 Å². The van der Waals surface area contributed by atoms with Crippen LogP contribution in [-0.2, 0) is 0 Å². The molecule has 3 nitrogen and oxygen atoms in total. The molecule has 0 aromatic rings. The van der Waals surface area contributed by atoms with Crippen LogP contribution in [0, 0.1) is 0 Å². The van der Waals surface area contributed by atoms with Gasteiger partial charge >= 0.3 is 0 Å². The minimum atomic E-state index is -0.206. The number of rotatable bonds is 6. The molecule has 0 aliphatic carbocycles. The van der Waals surface area contributed by atoms with E-state index >= 15 is 0 Å². The highest BCUT2D eigenvalue weighted by Crippen LogP contribution is 2.01. The van der Waals surface area contributed by atoms with E-state index in [4.69, 9.17) is 10.8 Å². The lowest BCUT2D eigenvalue weighted by atomic mass is 10.2. The average molecular weight is 174 g/mol. The lowest BCUT2D eigenvalue weighted by Crippen LogP contribution is -2.38. The van der Waals surface area contributed by atoms with E-state index in [2.05, 4.69) is 18.9 Å². The Hall–Kier alpha value is -0.120. The average Bonchev–Trinajstić information content (AvgIpc) is 2.03. The van der Waals surface area contributed by atoms with Gasteiger partial charge in [-0.1, -0.05) is 6.92 Å². The van der Waals surface area contributed by atoms with Crippen LogP contribution < -0.4 is 5.73 Å². The molecule has 2 unspecified atom stereocenters. The summed E-state index contributed by atoms with van der Waals surface area (Å²) in [5.74, 6) is 0. The fourth-order valence-corrected chi connectivity index (χ4v) is 1.23. The Morgan fingerprint density at radius 1 is 1.50 bits per heavy atom. The molecule has 0 aliphatic rings. The van der Waals surface area contributed by atoms with Gasteiger partial charge in [-0.05, 0) is 26.8 Å². The second-order valence-electron chi connectivity index (χ2n) is 3.42. The molecule has 3 heteroatoms. The summed E-state index contributed by atoms with van der Waals surface area (Å²) in [7, 11) is 2.06. The predicted octanol–water partition coefficient (Wildman–Crippen LogP) is 0.426. The van der Waals surface area contributed by atoms with Crippen LogP contribution in [0.2, 0.25) is 0 Å². The molecular formula is C9H22N2O. The van der Waals surface area contributed by atoms with Gasteiger partial charge in [-0.2, -0.15) is 0 Å². The first-order valence-corrected chi connectivity index (χ1v) is 4.70. The molecule has 12 heavy (non-hydrogen) atoms. The summed E-state index contributed by atoms with van der Waals surface area (Å²) in [4.78, 5) is 2.22. The highest BCUT2D eigenvalue weighted by atomic mass is 16.3. The van der Waals surface area contributed by atoms with Gasteiger partial charge in [0.1, 0.15) is 0 Å². The van der Waals surface area contributed by atoms with Crippen molar-refractivity contribution in [3.05, 3.63) is 0 Å². The number of hydrogen-bond acceptors (Lipinski definition) is 3. The summed E-state index contributed by atoms with van der Waals surface area (Å²) < 4.78 is 0. The van der Waals surface area contributed by atoms with Crippen LogP contribution in [0.15, 0.2) is 0 Å². The van der Waals surface area contributed by atoms with E-state index in [1.807, 2.05) is 6.92 Å². The maximum Gasteiger partial charge on any atom is 0.0524 e. The Bertz CT molecular complexity index is 103. The maximum absolute atomic E-state index is 9.07. The third-order valence-corrected chi connectivity index (χ3v) is 2.27. The largest absolute Gasteiger partial charge is 0.393 e. The van der Waals surface area contributed by atoms with E-state index < -0.39 is 0 Å². The molecule has 0 fully saturated rings. The van der Waals surface area contributed by atoms with E-state index in [0.29, 0.717) is 12.6 Å². The van der Waals surface area contributed by atoms with Crippen molar-refractivity contribution in [3.8, 4) is 0 Å². The fourth-order valence-electron chi connectivity index (χ4n) is 1.23. The molecule has 2 atom stereocenters. The highest BCUT2D eigenvalue weighted by molar-refractivity contribution is 4.68. The van der Waals surface area contributed by atoms with Gasteiger partial charge in [-0.15, -0.1) is 0 Å². The zero-order valence-corrected chi connectivity index (χ0v) is 8.45. The van der Waals surface area contributed by atoms with Gasteiger partial charge in [0.2, 0.25) is 0 Å². The Morgan fingerprint density at radius 3 is 2.42 bits per heavy atom. The van der Waals surface area contributed by atoms with Crippen molar-refractivity contribution in [2.45, 2.75) is 38.8 Å². The molecule has 0 saturated carbocycles. The number of aliphatic hydroxyl groups is 1. The summed E-state index contributed by atoms with van der Waals surface area (Å²) in [6.45, 7) is 5.58. The molecular weight excluding hydrogens is 152 g/mol. The first-order valence-electron chi connectivity index (χ1n) is 4.70. The second-order valence-corrected chi connectivity index (χ2v) is 3.42. The van der Waals surface area contributed by atoms with Crippen LogP contribution in [0.4, 0.5) is 0 Å². The van der Waals surface area contributed by atoms with E-state index in [-0.39, 0.29) is 6.10 Å². The molecule has 0 aromatic heterocycles. The molecule has 0 saturated heterocycles. The number of aliphatic hydroxyl groups excluding tert-OH is 1. The summed E-state index contributed by atoms with van der Waals surface area (Å²) >= 11 is 0. The van der Waals surface area contributed by atoms with Crippen molar-refractivity contribution in [1.29, 1.82) is 0 Å². The summed E-state index contributed by atoms with van der Waals surface area (Å²) in [5.41, 5.74) is 5.59. The molecule has 0 amide bonds. The number of hydrogen-bond donors (Lipinski definition) is 2. The Kier molecular flexibility index (Phi) is 6.34. The van der Waals surface area contributed by atoms with Gasteiger partial charge in [0.25, 0.3) is 0 Å². The van der Waals surface area contributed by atoms with Gasteiger partial charge in [0.05, 0.1) is 6.10 Å². The Morgan fingerprint density at radius 2 is 2.08 bits per heavy atom. The van der Waals surface area contributed by atoms with Crippen molar-refractivity contribution < 1.29 is 5.11 Å². The van der Waals surface area contributed by atoms with Crippen LogP contribution in [0.3, 0.4) is 0 Å². The smallest absolute Gasteiger partial charge is 0.0524 e. The molecule has 0 bridgehead atoms. The lowest BCUT2D eigenvalue weighted by molar-refractivity contribution is 0.149. The minimum absolute atomic E-state index is 0.206. The Balaban J connectivity index is 3.61. The zero-order chi connectivity index (χ0) is 9.56. The van der Waals surface area contributed by atoms with E-state index in [0.717, 1.165) is 19.4 Å². The highest BCUT2D eigenvalue weighted by Gasteiger charge is 2.10. The quantitative estimate of drug-likeness (QED) is 0.614. The van der Waals surface area contributed by atoms with Crippen molar-refractivity contribution >= 4 is 0 Å². The third kappa shape index (κ3) is 4.70. The first kappa shape index (κ1) is 11.9. The van der Waals surface area contributed by atoms with E-state index in [1.54, 1.807) is 0 Å². The molecule has 0 aromatic carbocycles. The van der Waals surface area contributed by atoms with Crippen LogP contribution in [0.1, 0.15) is 26.7 Å². The predicted molar refractivity (Wildman–Crippen MR) is 52.1 cm³/mol. The summed E-state index contributed by atoms with van der Waals surface area (Å²) in [6, 6.07) is 0.462. The van der Waals surface area contributed by atoms with Gasteiger partial charge in [0, 0.05) is 19.1 Å². The van der Waals surface area contributed by atoms with Crippen molar-refractivity contribution in [2.24, 2.45) is 5.73 Å². The Labute approximate surface area is 75.6 Å². The van der Waals surface area contributed by atoms with Gasteiger partial charge in [-0.3, -0.25) is 0 Å². The standard InChI is InChI=1S/C9H22N2O/c1-4-9(7-10)11(3)6-5-8(2)12/h8-9,12H,4-7,10H2,1-3H3. The topological polar surface area (TPSA) is 49.5 Å². The number of nitrogens with zero attached hydrogens (tertiary/aromatic N) is 1. The lowest BCUT2D eigenvalue weighted by Gasteiger charge is -2.26. The molecule has 3 N–H and O–H groups in total. The van der Waals surface area contributed by atoms with E-state index in [1.165, 1.54) is 0 Å². The van der Waals surface area contributed by atoms with Gasteiger partial charge < -0.3 is 15.7 Å². The van der Waals surface area contributed by atoms with E-state index in [9.17, 15) is 0 Å². The van der Waals surface area contributed by atoms with Gasteiger partial charge in [-0.25, -0.2) is 0 Å². The van der Waals surface area contributed by atoms with Crippen LogP contribution in [0.25, 0.3) is 0 Å². The second kappa shape index (κ2) is 6.40. The zero-order valence-electron chi connectivity index (χ0n) is 8.45. The molecule has 0 radical (unpaired) electrons. The monoisotopic (exact) mass is 174 g/mol. The third-order valence-electron chi connectivity index (χ3n) is 2.27. The van der Waals surface area contributed by atoms with Crippen molar-refractivity contribution in [1.82, 2.24) is 4.90 Å². The molecule has 0 heterocycles.